The molecule has 1 aromatic rings. The first-order chi connectivity index (χ1) is 8.31. The molecule has 1 atom stereocenters. The maximum absolute atomic E-state index is 11.9. The molecule has 1 fully saturated rings. The van der Waals surface area contributed by atoms with Gasteiger partial charge in [-0.3, -0.25) is 4.79 Å². The molecular formula is C12H20N4O. The van der Waals surface area contributed by atoms with Crippen LogP contribution >= 0.6 is 0 Å². The van der Waals surface area contributed by atoms with Gasteiger partial charge in [0.25, 0.3) is 0 Å². The van der Waals surface area contributed by atoms with Gasteiger partial charge in [-0.2, -0.15) is 0 Å². The molecule has 17 heavy (non-hydrogen) atoms. The summed E-state index contributed by atoms with van der Waals surface area (Å²) in [6.07, 6.45) is 7.12. The van der Waals surface area contributed by atoms with Crippen LogP contribution in [0, 0.1) is 0 Å². The van der Waals surface area contributed by atoms with Crippen LogP contribution < -0.4 is 5.73 Å². The van der Waals surface area contributed by atoms with Crippen molar-refractivity contribution >= 4 is 5.91 Å². The van der Waals surface area contributed by atoms with Crippen molar-refractivity contribution in [3.8, 4) is 0 Å². The summed E-state index contributed by atoms with van der Waals surface area (Å²) < 4.78 is 0. The lowest BCUT2D eigenvalue weighted by Gasteiger charge is -2.32. The molecule has 1 aromatic heterocycles. The molecule has 0 radical (unpaired) electrons. The van der Waals surface area contributed by atoms with Crippen molar-refractivity contribution in [2.24, 2.45) is 5.73 Å². The fourth-order valence-electron chi connectivity index (χ4n) is 2.34. The predicted molar refractivity (Wildman–Crippen MR) is 65.4 cm³/mol. The third-order valence-corrected chi connectivity index (χ3v) is 3.27. The number of H-pyrrole nitrogens is 1. The predicted octanol–water partition coefficient (Wildman–Crippen LogP) is 0.855. The number of nitrogens with two attached hydrogens (primary N) is 1. The number of carbonyl (C=O) groups is 1. The zero-order valence-corrected chi connectivity index (χ0v) is 10.1. The first-order valence-corrected chi connectivity index (χ1v) is 6.28. The molecule has 1 saturated heterocycles. The van der Waals surface area contributed by atoms with Crippen LogP contribution in [0.3, 0.4) is 0 Å². The normalized spacial score (nSPS) is 20.5. The SMILES string of the molecule is NCCCC(=O)N1CCCC(c2ncc[nH]2)C1. The number of rotatable bonds is 4. The highest BCUT2D eigenvalue weighted by Gasteiger charge is 2.25. The van der Waals surface area contributed by atoms with Gasteiger partial charge in [-0.05, 0) is 25.8 Å². The topological polar surface area (TPSA) is 75.0 Å². The number of piperidine rings is 1. The standard InChI is InChI=1S/C12H20N4O/c13-5-1-4-11(17)16-8-2-3-10(9-16)12-14-6-7-15-12/h6-7,10H,1-5,8-9,13H2,(H,14,15). The number of aromatic nitrogens is 2. The number of nitrogens with one attached hydrogen (secondary N) is 1. The summed E-state index contributed by atoms with van der Waals surface area (Å²) >= 11 is 0. The van der Waals surface area contributed by atoms with Crippen LogP contribution in [0.2, 0.25) is 0 Å². The minimum Gasteiger partial charge on any atom is -0.348 e. The Kier molecular flexibility index (Phi) is 4.14. The first-order valence-electron chi connectivity index (χ1n) is 6.28. The van der Waals surface area contributed by atoms with E-state index in [2.05, 4.69) is 9.97 Å². The Hall–Kier alpha value is -1.36. The molecule has 0 bridgehead atoms. The number of likely N-dealkylation sites (tertiary alicyclic amines) is 1. The molecule has 1 aliphatic heterocycles. The molecule has 3 N–H and O–H groups in total. The molecule has 1 amide bonds. The van der Waals surface area contributed by atoms with Crippen molar-refractivity contribution in [1.29, 1.82) is 0 Å². The Bertz CT molecular complexity index is 349. The number of nitrogens with zero attached hydrogens (tertiary/aromatic N) is 2. The van der Waals surface area contributed by atoms with E-state index in [0.29, 0.717) is 18.9 Å². The maximum atomic E-state index is 11.9. The van der Waals surface area contributed by atoms with E-state index in [1.807, 2.05) is 11.1 Å². The monoisotopic (exact) mass is 236 g/mol. The highest BCUT2D eigenvalue weighted by Crippen LogP contribution is 2.24. The van der Waals surface area contributed by atoms with Crippen molar-refractivity contribution < 1.29 is 4.79 Å². The van der Waals surface area contributed by atoms with Gasteiger partial charge in [0, 0.05) is 37.8 Å². The van der Waals surface area contributed by atoms with E-state index in [-0.39, 0.29) is 5.91 Å². The average molecular weight is 236 g/mol. The molecule has 1 aliphatic rings. The van der Waals surface area contributed by atoms with E-state index < -0.39 is 0 Å². The van der Waals surface area contributed by atoms with Crippen LogP contribution in [0.25, 0.3) is 0 Å². The van der Waals surface area contributed by atoms with E-state index in [4.69, 9.17) is 5.73 Å². The molecule has 94 valence electrons. The molecule has 5 nitrogen and oxygen atoms in total. The second-order valence-electron chi connectivity index (χ2n) is 4.55. The number of aromatic amines is 1. The second kappa shape index (κ2) is 5.82. The highest BCUT2D eigenvalue weighted by molar-refractivity contribution is 5.76. The summed E-state index contributed by atoms with van der Waals surface area (Å²) in [7, 11) is 0. The number of imidazole rings is 1. The van der Waals surface area contributed by atoms with Gasteiger partial charge in [-0.1, -0.05) is 0 Å². The average Bonchev–Trinajstić information content (AvgIpc) is 2.90. The van der Waals surface area contributed by atoms with E-state index in [9.17, 15) is 4.79 Å². The number of amides is 1. The lowest BCUT2D eigenvalue weighted by molar-refractivity contribution is -0.132. The Labute approximate surface area is 101 Å². The Morgan fingerprint density at radius 3 is 3.24 bits per heavy atom. The number of hydrogen-bond acceptors (Lipinski definition) is 3. The molecule has 1 unspecified atom stereocenters. The van der Waals surface area contributed by atoms with Crippen LogP contribution in [0.15, 0.2) is 12.4 Å². The van der Waals surface area contributed by atoms with E-state index in [1.54, 1.807) is 6.20 Å². The van der Waals surface area contributed by atoms with E-state index >= 15 is 0 Å². The van der Waals surface area contributed by atoms with E-state index in [1.165, 1.54) is 0 Å². The fourth-order valence-corrected chi connectivity index (χ4v) is 2.34. The van der Waals surface area contributed by atoms with Gasteiger partial charge in [0.1, 0.15) is 5.82 Å². The van der Waals surface area contributed by atoms with Crippen LogP contribution in [0.4, 0.5) is 0 Å². The smallest absolute Gasteiger partial charge is 0.222 e. The number of hydrogen-bond donors (Lipinski definition) is 2. The highest BCUT2D eigenvalue weighted by atomic mass is 16.2. The number of carbonyl (C=O) groups excluding carboxylic acids is 1. The van der Waals surface area contributed by atoms with Crippen molar-refractivity contribution in [3.63, 3.8) is 0 Å². The second-order valence-corrected chi connectivity index (χ2v) is 4.55. The Morgan fingerprint density at radius 2 is 2.53 bits per heavy atom. The van der Waals surface area contributed by atoms with Crippen LogP contribution in [-0.2, 0) is 4.79 Å². The molecular weight excluding hydrogens is 216 g/mol. The quantitative estimate of drug-likeness (QED) is 0.814. The molecule has 2 rings (SSSR count). The molecule has 0 spiro atoms. The summed E-state index contributed by atoms with van der Waals surface area (Å²) in [5, 5.41) is 0. The molecule has 0 aliphatic carbocycles. The Balaban J connectivity index is 1.90. The first kappa shape index (κ1) is 12.1. The van der Waals surface area contributed by atoms with Crippen molar-refractivity contribution in [3.05, 3.63) is 18.2 Å². The third kappa shape index (κ3) is 3.06. The van der Waals surface area contributed by atoms with Crippen LogP contribution in [-0.4, -0.2) is 40.4 Å². The largest absolute Gasteiger partial charge is 0.348 e. The summed E-state index contributed by atoms with van der Waals surface area (Å²) in [6.45, 7) is 2.25. The molecule has 5 heteroatoms. The maximum Gasteiger partial charge on any atom is 0.222 e. The summed E-state index contributed by atoms with van der Waals surface area (Å²) in [6, 6.07) is 0. The van der Waals surface area contributed by atoms with E-state index in [0.717, 1.165) is 38.2 Å². The minimum atomic E-state index is 0.228. The summed E-state index contributed by atoms with van der Waals surface area (Å²) in [4.78, 5) is 21.3. The molecule has 0 saturated carbocycles. The van der Waals surface area contributed by atoms with Gasteiger partial charge in [-0.15, -0.1) is 0 Å². The lowest BCUT2D eigenvalue weighted by Crippen LogP contribution is -2.39. The van der Waals surface area contributed by atoms with Gasteiger partial charge in [0.15, 0.2) is 0 Å². The van der Waals surface area contributed by atoms with Crippen molar-refractivity contribution in [2.45, 2.75) is 31.6 Å². The zero-order chi connectivity index (χ0) is 12.1. The molecule has 2 heterocycles. The molecule has 0 aromatic carbocycles. The third-order valence-electron chi connectivity index (χ3n) is 3.27. The van der Waals surface area contributed by atoms with Crippen LogP contribution in [0.5, 0.6) is 0 Å². The van der Waals surface area contributed by atoms with Gasteiger partial charge >= 0.3 is 0 Å². The fraction of sp³-hybridized carbons (Fsp3) is 0.667. The minimum absolute atomic E-state index is 0.228. The Morgan fingerprint density at radius 1 is 1.65 bits per heavy atom. The van der Waals surface area contributed by atoms with Gasteiger partial charge in [0.2, 0.25) is 5.91 Å². The van der Waals surface area contributed by atoms with Crippen LogP contribution in [0.1, 0.15) is 37.4 Å². The van der Waals surface area contributed by atoms with Crippen molar-refractivity contribution in [1.82, 2.24) is 14.9 Å². The van der Waals surface area contributed by atoms with Gasteiger partial charge in [0.05, 0.1) is 0 Å². The van der Waals surface area contributed by atoms with Gasteiger partial charge < -0.3 is 15.6 Å². The van der Waals surface area contributed by atoms with Crippen molar-refractivity contribution in [2.75, 3.05) is 19.6 Å². The zero-order valence-electron chi connectivity index (χ0n) is 10.1. The lowest BCUT2D eigenvalue weighted by atomic mass is 9.97. The summed E-state index contributed by atoms with van der Waals surface area (Å²) in [5.41, 5.74) is 5.43. The van der Waals surface area contributed by atoms with Gasteiger partial charge in [-0.25, -0.2) is 4.98 Å². The summed E-state index contributed by atoms with van der Waals surface area (Å²) in [5.74, 6) is 1.59.